The van der Waals surface area contributed by atoms with E-state index in [9.17, 15) is 17.6 Å². The average molecular weight is 239 g/mol. The Morgan fingerprint density at radius 3 is 2.19 bits per heavy atom. The molecule has 2 unspecified atom stereocenters. The molecule has 0 aromatic carbocycles. The molecule has 94 valence electrons. The molecule has 16 heavy (non-hydrogen) atoms. The molecule has 2 saturated heterocycles. The van der Waals surface area contributed by atoms with Crippen molar-refractivity contribution in [2.45, 2.75) is 68.9 Å². The van der Waals surface area contributed by atoms with E-state index in [2.05, 4.69) is 5.32 Å². The molecular weight excluding hydrogens is 222 g/mol. The molecule has 2 atom stereocenters. The maximum atomic E-state index is 14.3. The zero-order valence-electron chi connectivity index (χ0n) is 9.12. The molecule has 1 nitrogen and oxygen atoms in total. The van der Waals surface area contributed by atoms with Gasteiger partial charge in [0.1, 0.15) is 5.67 Å². The number of nitrogens with one attached hydrogen (secondary N) is 1. The van der Waals surface area contributed by atoms with Gasteiger partial charge in [-0.3, -0.25) is 0 Å². The van der Waals surface area contributed by atoms with E-state index in [-0.39, 0.29) is 24.9 Å². The first-order valence-electron chi connectivity index (χ1n) is 5.88. The largest absolute Gasteiger partial charge is 0.389 e. The Bertz CT molecular complexity index is 239. The van der Waals surface area contributed by atoms with Crippen LogP contribution in [0.15, 0.2) is 0 Å². The first-order chi connectivity index (χ1) is 7.36. The second-order valence-electron chi connectivity index (χ2n) is 5.17. The van der Waals surface area contributed by atoms with Gasteiger partial charge in [-0.1, -0.05) is 0 Å². The smallest absolute Gasteiger partial charge is 0.311 e. The summed E-state index contributed by atoms with van der Waals surface area (Å²) in [5.74, 6) is 0. The summed E-state index contributed by atoms with van der Waals surface area (Å²) in [7, 11) is 0. The summed E-state index contributed by atoms with van der Waals surface area (Å²) in [6, 6.07) is 0.379. The molecule has 0 aromatic heterocycles. The lowest BCUT2D eigenvalue weighted by atomic mass is 9.85. The SMILES string of the molecule is FC(F)(F)CCCC1(F)CC2CCC(C1)N2. The molecule has 2 rings (SSSR count). The predicted molar refractivity (Wildman–Crippen MR) is 52.9 cm³/mol. The van der Waals surface area contributed by atoms with Crippen molar-refractivity contribution in [2.75, 3.05) is 0 Å². The lowest BCUT2D eigenvalue weighted by Crippen LogP contribution is -2.46. The maximum absolute atomic E-state index is 14.3. The minimum absolute atomic E-state index is 0.0567. The average Bonchev–Trinajstić information content (AvgIpc) is 2.43. The van der Waals surface area contributed by atoms with Gasteiger partial charge >= 0.3 is 6.18 Å². The number of hydrogen-bond acceptors (Lipinski definition) is 1. The normalized spacial score (nSPS) is 39.0. The summed E-state index contributed by atoms with van der Waals surface area (Å²) in [5, 5.41) is 3.29. The highest BCUT2D eigenvalue weighted by Crippen LogP contribution is 2.40. The van der Waals surface area contributed by atoms with Gasteiger partial charge in [0.2, 0.25) is 0 Å². The minimum atomic E-state index is -4.15. The van der Waals surface area contributed by atoms with E-state index in [1.807, 2.05) is 0 Å². The van der Waals surface area contributed by atoms with Crippen molar-refractivity contribution in [1.82, 2.24) is 5.32 Å². The van der Waals surface area contributed by atoms with E-state index in [0.717, 1.165) is 12.8 Å². The standard InChI is InChI=1S/C11H17F4N/c12-10(4-1-5-11(13,14)15)6-8-2-3-9(7-10)16-8/h8-9,16H,1-7H2. The quantitative estimate of drug-likeness (QED) is 0.745. The Kier molecular flexibility index (Phi) is 3.16. The third-order valence-corrected chi connectivity index (χ3v) is 3.64. The zero-order chi connectivity index (χ0) is 11.8. The summed E-state index contributed by atoms with van der Waals surface area (Å²) in [6.07, 6.45) is -2.32. The van der Waals surface area contributed by atoms with Crippen molar-refractivity contribution in [1.29, 1.82) is 0 Å². The van der Waals surface area contributed by atoms with Crippen LogP contribution >= 0.6 is 0 Å². The van der Waals surface area contributed by atoms with E-state index in [1.165, 1.54) is 0 Å². The van der Waals surface area contributed by atoms with Crippen molar-refractivity contribution in [2.24, 2.45) is 0 Å². The molecule has 2 aliphatic heterocycles. The number of piperidine rings is 1. The first-order valence-corrected chi connectivity index (χ1v) is 5.88. The van der Waals surface area contributed by atoms with Gasteiger partial charge in [-0.05, 0) is 38.5 Å². The van der Waals surface area contributed by atoms with Gasteiger partial charge < -0.3 is 5.32 Å². The van der Waals surface area contributed by atoms with Crippen LogP contribution in [0.5, 0.6) is 0 Å². The fourth-order valence-corrected chi connectivity index (χ4v) is 3.00. The number of rotatable bonds is 3. The Hall–Kier alpha value is -0.320. The zero-order valence-corrected chi connectivity index (χ0v) is 9.12. The van der Waals surface area contributed by atoms with E-state index in [4.69, 9.17) is 0 Å². The van der Waals surface area contributed by atoms with E-state index in [0.29, 0.717) is 12.8 Å². The highest BCUT2D eigenvalue weighted by Gasteiger charge is 2.44. The summed E-state index contributed by atoms with van der Waals surface area (Å²) in [4.78, 5) is 0. The van der Waals surface area contributed by atoms with Crippen molar-refractivity contribution in [3.63, 3.8) is 0 Å². The van der Waals surface area contributed by atoms with Crippen LogP contribution in [0.4, 0.5) is 17.6 Å². The van der Waals surface area contributed by atoms with Gasteiger partial charge in [0.25, 0.3) is 0 Å². The topological polar surface area (TPSA) is 12.0 Å². The summed E-state index contributed by atoms with van der Waals surface area (Å²) in [5.41, 5.74) is -1.36. The van der Waals surface area contributed by atoms with Gasteiger partial charge in [-0.2, -0.15) is 13.2 Å². The van der Waals surface area contributed by atoms with Crippen molar-refractivity contribution in [3.8, 4) is 0 Å². The fourth-order valence-electron chi connectivity index (χ4n) is 3.00. The van der Waals surface area contributed by atoms with Crippen molar-refractivity contribution < 1.29 is 17.6 Å². The van der Waals surface area contributed by atoms with Gasteiger partial charge in [-0.25, -0.2) is 4.39 Å². The predicted octanol–water partition coefficient (Wildman–Crippen LogP) is 3.34. The van der Waals surface area contributed by atoms with E-state index in [1.54, 1.807) is 0 Å². The summed E-state index contributed by atoms with van der Waals surface area (Å²) in [6.45, 7) is 0. The van der Waals surface area contributed by atoms with E-state index >= 15 is 0 Å². The third-order valence-electron chi connectivity index (χ3n) is 3.64. The highest BCUT2D eigenvalue weighted by atomic mass is 19.4. The Morgan fingerprint density at radius 2 is 1.69 bits per heavy atom. The van der Waals surface area contributed by atoms with Gasteiger partial charge in [0, 0.05) is 18.5 Å². The molecular formula is C11H17F4N. The lowest BCUT2D eigenvalue weighted by molar-refractivity contribution is -0.137. The molecule has 2 bridgehead atoms. The number of alkyl halides is 4. The molecule has 0 aromatic rings. The Morgan fingerprint density at radius 1 is 1.12 bits per heavy atom. The van der Waals surface area contributed by atoms with Crippen LogP contribution in [0.2, 0.25) is 0 Å². The number of fused-ring (bicyclic) bond motifs is 2. The Balaban J connectivity index is 1.80. The fraction of sp³-hybridized carbons (Fsp3) is 1.00. The highest BCUT2D eigenvalue weighted by molar-refractivity contribution is 5.00. The molecule has 0 spiro atoms. The van der Waals surface area contributed by atoms with Gasteiger partial charge in [0.05, 0.1) is 0 Å². The van der Waals surface area contributed by atoms with Crippen LogP contribution < -0.4 is 5.32 Å². The minimum Gasteiger partial charge on any atom is -0.311 e. The third kappa shape index (κ3) is 3.09. The monoisotopic (exact) mass is 239 g/mol. The summed E-state index contributed by atoms with van der Waals surface area (Å²) >= 11 is 0. The van der Waals surface area contributed by atoms with Crippen LogP contribution in [0.25, 0.3) is 0 Å². The molecule has 0 amide bonds. The first kappa shape index (κ1) is 12.1. The molecule has 0 aliphatic carbocycles. The summed E-state index contributed by atoms with van der Waals surface area (Å²) < 4.78 is 50.2. The Labute approximate surface area is 92.6 Å². The maximum Gasteiger partial charge on any atom is 0.389 e. The van der Waals surface area contributed by atoms with Crippen LogP contribution in [0.3, 0.4) is 0 Å². The molecule has 5 heteroatoms. The van der Waals surface area contributed by atoms with Crippen molar-refractivity contribution >= 4 is 0 Å². The molecule has 2 aliphatic rings. The van der Waals surface area contributed by atoms with Crippen molar-refractivity contribution in [3.05, 3.63) is 0 Å². The lowest BCUT2D eigenvalue weighted by Gasteiger charge is -2.35. The number of halogens is 4. The molecule has 2 fully saturated rings. The van der Waals surface area contributed by atoms with Gasteiger partial charge in [0.15, 0.2) is 0 Å². The molecule has 2 heterocycles. The second kappa shape index (κ2) is 4.17. The van der Waals surface area contributed by atoms with Crippen LogP contribution in [-0.2, 0) is 0 Å². The van der Waals surface area contributed by atoms with E-state index < -0.39 is 18.3 Å². The number of hydrogen-bond donors (Lipinski definition) is 1. The molecule has 1 N–H and O–H groups in total. The molecule has 0 radical (unpaired) electrons. The van der Waals surface area contributed by atoms with Crippen LogP contribution in [-0.4, -0.2) is 23.9 Å². The van der Waals surface area contributed by atoms with Gasteiger partial charge in [-0.15, -0.1) is 0 Å². The van der Waals surface area contributed by atoms with Crippen LogP contribution in [0.1, 0.15) is 44.9 Å². The second-order valence-corrected chi connectivity index (χ2v) is 5.17. The van der Waals surface area contributed by atoms with Crippen LogP contribution in [0, 0.1) is 0 Å². The molecule has 0 saturated carbocycles.